The van der Waals surface area contributed by atoms with Gasteiger partial charge < -0.3 is 18.9 Å². The number of thioether (sulfide) groups is 1. The highest BCUT2D eigenvalue weighted by Crippen LogP contribution is 2.51. The zero-order valence-corrected chi connectivity index (χ0v) is 18.4. The number of alkyl halides is 1. The van der Waals surface area contributed by atoms with E-state index in [0.29, 0.717) is 17.5 Å². The van der Waals surface area contributed by atoms with E-state index in [-0.39, 0.29) is 5.56 Å². The molecule has 1 aliphatic heterocycles. The van der Waals surface area contributed by atoms with E-state index in [0.717, 1.165) is 20.8 Å². The van der Waals surface area contributed by atoms with Crippen LogP contribution in [0.15, 0.2) is 54.9 Å². The van der Waals surface area contributed by atoms with Crippen LogP contribution in [0, 0.1) is 0 Å². The second-order valence-electron chi connectivity index (χ2n) is 6.98. The first kappa shape index (κ1) is 23.5. The third kappa shape index (κ3) is 5.01. The maximum absolute atomic E-state index is 15.3. The van der Waals surface area contributed by atoms with Crippen LogP contribution in [-0.4, -0.2) is 46.0 Å². The normalized spacial score (nSPS) is 27.1. The molecule has 2 heterocycles. The summed E-state index contributed by atoms with van der Waals surface area (Å²) >= 11 is 0.643. The van der Waals surface area contributed by atoms with Gasteiger partial charge in [-0.1, -0.05) is 36.0 Å². The monoisotopic (exact) mass is 463 g/mol. The minimum atomic E-state index is -1.88. The Labute approximate surface area is 188 Å². The lowest BCUT2D eigenvalue weighted by molar-refractivity contribution is -0.223. The predicted octanol–water partition coefficient (Wildman–Crippen LogP) is 3.15. The number of benzene rings is 1. The van der Waals surface area contributed by atoms with Crippen molar-refractivity contribution in [2.75, 3.05) is 0 Å². The maximum Gasteiger partial charge on any atom is 0.303 e. The first-order valence-electron chi connectivity index (χ1n) is 9.69. The Balaban J connectivity index is 2.23. The predicted molar refractivity (Wildman–Crippen MR) is 112 cm³/mol. The number of pyridine rings is 1. The average Bonchev–Trinajstić information content (AvgIpc) is 2.74. The molecule has 1 aliphatic rings. The number of carbonyl (C=O) groups excluding carboxylic acids is 3. The number of ether oxygens (including phenoxy) is 4. The first-order chi connectivity index (χ1) is 15.2. The van der Waals surface area contributed by atoms with Gasteiger partial charge in [0.1, 0.15) is 5.75 Å². The van der Waals surface area contributed by atoms with Crippen molar-refractivity contribution in [3.8, 4) is 5.75 Å². The Hall–Kier alpha value is -3.14. The Bertz CT molecular complexity index is 961. The fourth-order valence-corrected chi connectivity index (χ4v) is 4.76. The number of hydrogen-bond acceptors (Lipinski definition) is 9. The molecule has 170 valence electrons. The largest absolute Gasteiger partial charge is 0.475 e. The zero-order chi connectivity index (χ0) is 23.3. The van der Waals surface area contributed by atoms with E-state index in [1.165, 1.54) is 12.4 Å². The minimum absolute atomic E-state index is 0.277. The molecular formula is C22H22FNO7S. The van der Waals surface area contributed by atoms with E-state index in [9.17, 15) is 14.4 Å². The SMILES string of the molecule is CC(=O)O[C@@H]1C(F)S[C@@H](Oc2ccccc2)[C@@](OC(C)=O)(c2cccnc2)[C@H]1OC(C)=O. The van der Waals surface area contributed by atoms with Crippen molar-refractivity contribution in [2.24, 2.45) is 0 Å². The lowest BCUT2D eigenvalue weighted by atomic mass is 9.85. The summed E-state index contributed by atoms with van der Waals surface area (Å²) in [4.78, 5) is 40.1. The molecule has 32 heavy (non-hydrogen) atoms. The Morgan fingerprint density at radius 3 is 2.22 bits per heavy atom. The number of rotatable bonds is 6. The molecule has 1 fully saturated rings. The van der Waals surface area contributed by atoms with Crippen LogP contribution in [0.2, 0.25) is 0 Å². The maximum atomic E-state index is 15.3. The van der Waals surface area contributed by atoms with E-state index in [1.54, 1.807) is 42.5 Å². The van der Waals surface area contributed by atoms with Gasteiger partial charge in [0.05, 0.1) is 0 Å². The van der Waals surface area contributed by atoms with E-state index in [4.69, 9.17) is 18.9 Å². The molecule has 8 nitrogen and oxygen atoms in total. The van der Waals surface area contributed by atoms with Gasteiger partial charge in [0, 0.05) is 38.7 Å². The van der Waals surface area contributed by atoms with Crippen LogP contribution < -0.4 is 4.74 Å². The van der Waals surface area contributed by atoms with E-state index >= 15 is 4.39 Å². The first-order valence-corrected chi connectivity index (χ1v) is 10.6. The molecule has 3 rings (SSSR count). The summed E-state index contributed by atoms with van der Waals surface area (Å²) < 4.78 is 37.8. The van der Waals surface area contributed by atoms with Crippen molar-refractivity contribution in [3.05, 3.63) is 60.4 Å². The van der Waals surface area contributed by atoms with Crippen LogP contribution >= 0.6 is 11.8 Å². The summed E-state index contributed by atoms with van der Waals surface area (Å²) in [6.45, 7) is 3.39. The van der Waals surface area contributed by atoms with Crippen molar-refractivity contribution < 1.29 is 37.7 Å². The number of esters is 3. The molecule has 0 saturated carbocycles. The van der Waals surface area contributed by atoms with Gasteiger partial charge in [-0.3, -0.25) is 19.4 Å². The van der Waals surface area contributed by atoms with Gasteiger partial charge >= 0.3 is 17.9 Å². The number of carbonyl (C=O) groups is 3. The molecule has 0 bridgehead atoms. The number of nitrogens with zero attached hydrogens (tertiary/aromatic N) is 1. The smallest absolute Gasteiger partial charge is 0.303 e. The molecule has 0 spiro atoms. The third-order valence-electron chi connectivity index (χ3n) is 4.59. The highest BCUT2D eigenvalue weighted by molar-refractivity contribution is 8.00. The van der Waals surface area contributed by atoms with Gasteiger partial charge in [0.2, 0.25) is 5.60 Å². The van der Waals surface area contributed by atoms with E-state index in [2.05, 4.69) is 4.98 Å². The minimum Gasteiger partial charge on any atom is -0.475 e. The summed E-state index contributed by atoms with van der Waals surface area (Å²) in [6.07, 6.45) is -0.236. The molecule has 1 aromatic heterocycles. The number of para-hydroxylation sites is 1. The molecule has 0 N–H and O–H groups in total. The van der Waals surface area contributed by atoms with Crippen molar-refractivity contribution in [3.63, 3.8) is 0 Å². The van der Waals surface area contributed by atoms with Gasteiger partial charge in [-0.25, -0.2) is 4.39 Å². The Morgan fingerprint density at radius 2 is 1.66 bits per heavy atom. The lowest BCUT2D eigenvalue weighted by Crippen LogP contribution is -2.64. The number of aromatic nitrogens is 1. The lowest BCUT2D eigenvalue weighted by Gasteiger charge is -2.49. The standard InChI is InChI=1S/C22H22FNO7S/c1-13(25)28-18-19(29-14(2)26)22(31-15(3)27,16-8-7-11-24-12-16)21(32-20(18)23)30-17-9-5-4-6-10-17/h4-12,18-21H,1-3H3/t18-,19-,20?,21+,22+/m0/s1. The fraction of sp³-hybridized carbons (Fsp3) is 0.364. The summed E-state index contributed by atoms with van der Waals surface area (Å²) in [5.74, 6) is -1.96. The average molecular weight is 463 g/mol. The van der Waals surface area contributed by atoms with Crippen LogP contribution in [0.3, 0.4) is 0 Å². The van der Waals surface area contributed by atoms with Crippen LogP contribution in [0.25, 0.3) is 0 Å². The van der Waals surface area contributed by atoms with Crippen molar-refractivity contribution in [2.45, 2.75) is 49.5 Å². The molecule has 1 unspecified atom stereocenters. The van der Waals surface area contributed by atoms with Crippen molar-refractivity contribution >= 4 is 29.7 Å². The second kappa shape index (κ2) is 9.99. The summed E-state index contributed by atoms with van der Waals surface area (Å²) in [7, 11) is 0. The molecular weight excluding hydrogens is 441 g/mol. The molecule has 1 aromatic carbocycles. The van der Waals surface area contributed by atoms with Gasteiger partial charge in [-0.2, -0.15) is 0 Å². The van der Waals surface area contributed by atoms with E-state index in [1.807, 2.05) is 0 Å². The van der Waals surface area contributed by atoms with Crippen LogP contribution in [0.1, 0.15) is 26.3 Å². The van der Waals surface area contributed by atoms with Gasteiger partial charge in [0.25, 0.3) is 0 Å². The highest BCUT2D eigenvalue weighted by Gasteiger charge is 2.64. The molecule has 1 saturated heterocycles. The fourth-order valence-electron chi connectivity index (χ4n) is 3.49. The van der Waals surface area contributed by atoms with E-state index < -0.39 is 46.7 Å². The summed E-state index contributed by atoms with van der Waals surface area (Å²) in [5.41, 5.74) is -4.67. The quantitative estimate of drug-likeness (QED) is 0.472. The molecule has 0 aliphatic carbocycles. The molecule has 5 atom stereocenters. The van der Waals surface area contributed by atoms with Gasteiger partial charge in [-0.05, 0) is 18.2 Å². The van der Waals surface area contributed by atoms with Gasteiger partial charge in [0.15, 0.2) is 23.1 Å². The summed E-state index contributed by atoms with van der Waals surface area (Å²) in [5, 5.41) is 0. The van der Waals surface area contributed by atoms with Crippen molar-refractivity contribution in [1.82, 2.24) is 4.98 Å². The zero-order valence-electron chi connectivity index (χ0n) is 17.6. The third-order valence-corrected chi connectivity index (χ3v) is 5.81. The highest BCUT2D eigenvalue weighted by atomic mass is 32.2. The number of hydrogen-bond donors (Lipinski definition) is 0. The summed E-state index contributed by atoms with van der Waals surface area (Å²) in [6, 6.07) is 11.7. The molecule has 0 amide bonds. The Morgan fingerprint density at radius 1 is 0.969 bits per heavy atom. The Kier molecular flexibility index (Phi) is 7.34. The topological polar surface area (TPSA) is 101 Å². The van der Waals surface area contributed by atoms with Crippen LogP contribution in [0.4, 0.5) is 4.39 Å². The van der Waals surface area contributed by atoms with Crippen LogP contribution in [0.5, 0.6) is 5.75 Å². The second-order valence-corrected chi connectivity index (χ2v) is 8.13. The van der Waals surface area contributed by atoms with Crippen molar-refractivity contribution in [1.29, 1.82) is 0 Å². The molecule has 2 aromatic rings. The van der Waals surface area contributed by atoms with Crippen LogP contribution in [-0.2, 0) is 34.2 Å². The molecule has 0 radical (unpaired) electrons. The molecule has 10 heteroatoms. The van der Waals surface area contributed by atoms with Gasteiger partial charge in [-0.15, -0.1) is 0 Å². The number of halogens is 1.